The summed E-state index contributed by atoms with van der Waals surface area (Å²) >= 11 is 1.71. The first kappa shape index (κ1) is 13.1. The zero-order valence-corrected chi connectivity index (χ0v) is 12.1. The molecule has 3 rings (SSSR count). The maximum Gasteiger partial charge on any atom is 0.237 e. The summed E-state index contributed by atoms with van der Waals surface area (Å²) in [6.45, 7) is 0.740. The molecule has 2 bridgehead atoms. The van der Waals surface area contributed by atoms with Crippen molar-refractivity contribution in [2.24, 2.45) is 5.73 Å². The second-order valence-electron chi connectivity index (χ2n) is 5.84. The van der Waals surface area contributed by atoms with Crippen LogP contribution in [0.25, 0.3) is 0 Å². The number of carbonyl (C=O) groups excluding carboxylic acids is 1. The van der Waals surface area contributed by atoms with Gasteiger partial charge < -0.3 is 10.6 Å². The molecule has 5 heteroatoms. The zero-order valence-electron chi connectivity index (χ0n) is 11.3. The molecule has 3 N–H and O–H groups in total. The van der Waals surface area contributed by atoms with Crippen LogP contribution >= 0.6 is 11.3 Å². The number of nitrogens with one attached hydrogen (secondary N) is 1. The Balaban J connectivity index is 1.75. The van der Waals surface area contributed by atoms with Gasteiger partial charge in [-0.3, -0.25) is 10.1 Å². The van der Waals surface area contributed by atoms with Crippen molar-refractivity contribution in [3.63, 3.8) is 0 Å². The predicted octanol–water partition coefficient (Wildman–Crippen LogP) is 1.32. The van der Waals surface area contributed by atoms with Crippen LogP contribution in [0, 0.1) is 0 Å². The number of thiophene rings is 1. The predicted molar refractivity (Wildman–Crippen MR) is 76.9 cm³/mol. The Bertz CT molecular complexity index is 445. The molecule has 0 saturated carbocycles. The molecule has 2 unspecified atom stereocenters. The molecule has 2 aliphatic rings. The lowest BCUT2D eigenvalue weighted by atomic mass is 9.82. The van der Waals surface area contributed by atoms with Gasteiger partial charge in [0.15, 0.2) is 0 Å². The third-order valence-electron chi connectivity index (χ3n) is 4.81. The van der Waals surface area contributed by atoms with Crippen molar-refractivity contribution in [1.82, 2.24) is 10.2 Å². The van der Waals surface area contributed by atoms with E-state index in [-0.39, 0.29) is 5.91 Å². The van der Waals surface area contributed by atoms with Crippen LogP contribution in [-0.4, -0.2) is 35.5 Å². The third-order valence-corrected chi connectivity index (χ3v) is 5.68. The van der Waals surface area contributed by atoms with E-state index in [1.54, 1.807) is 11.3 Å². The molecule has 2 saturated heterocycles. The number of rotatable bonds is 4. The molecular formula is C14H21N3OS. The van der Waals surface area contributed by atoms with Crippen LogP contribution in [0.5, 0.6) is 0 Å². The fourth-order valence-electron chi connectivity index (χ4n) is 3.57. The second-order valence-corrected chi connectivity index (χ2v) is 6.87. The topological polar surface area (TPSA) is 58.4 Å². The van der Waals surface area contributed by atoms with Gasteiger partial charge in [-0.15, -0.1) is 11.3 Å². The van der Waals surface area contributed by atoms with Crippen LogP contribution in [-0.2, 0) is 11.3 Å². The molecule has 0 radical (unpaired) electrons. The van der Waals surface area contributed by atoms with E-state index in [0.717, 1.165) is 19.4 Å². The van der Waals surface area contributed by atoms with Gasteiger partial charge in [-0.25, -0.2) is 0 Å². The lowest BCUT2D eigenvalue weighted by Crippen LogP contribution is -2.62. The molecule has 4 nitrogen and oxygen atoms in total. The minimum Gasteiger partial charge on any atom is -0.368 e. The van der Waals surface area contributed by atoms with Gasteiger partial charge in [0.2, 0.25) is 5.91 Å². The SMILES string of the molecule is CN1C2CCC1CC(NCc1cccs1)(C(N)=O)C2. The highest BCUT2D eigenvalue weighted by molar-refractivity contribution is 7.09. The van der Waals surface area contributed by atoms with E-state index in [0.29, 0.717) is 12.1 Å². The van der Waals surface area contributed by atoms with E-state index < -0.39 is 5.54 Å². The summed E-state index contributed by atoms with van der Waals surface area (Å²) in [5.74, 6) is -0.186. The summed E-state index contributed by atoms with van der Waals surface area (Å²) in [5.41, 5.74) is 5.21. The quantitative estimate of drug-likeness (QED) is 0.874. The summed E-state index contributed by atoms with van der Waals surface area (Å²) < 4.78 is 0. The third kappa shape index (κ3) is 2.30. The van der Waals surface area contributed by atoms with Gasteiger partial charge in [-0.05, 0) is 44.2 Å². The lowest BCUT2D eigenvalue weighted by molar-refractivity contribution is -0.127. The molecule has 104 valence electrons. The summed E-state index contributed by atoms with van der Waals surface area (Å²) in [6.07, 6.45) is 4.08. The van der Waals surface area contributed by atoms with Gasteiger partial charge in [-0.1, -0.05) is 6.07 Å². The Kier molecular flexibility index (Phi) is 3.37. The van der Waals surface area contributed by atoms with E-state index in [4.69, 9.17) is 5.73 Å². The molecule has 1 aromatic rings. The molecule has 2 fully saturated rings. The van der Waals surface area contributed by atoms with Crippen molar-refractivity contribution in [1.29, 1.82) is 0 Å². The molecule has 3 heterocycles. The second kappa shape index (κ2) is 4.89. The maximum atomic E-state index is 12.0. The van der Waals surface area contributed by atoms with Gasteiger partial charge in [0.1, 0.15) is 5.54 Å². The molecule has 2 aliphatic heterocycles. The zero-order chi connectivity index (χ0) is 13.5. The number of fused-ring (bicyclic) bond motifs is 2. The van der Waals surface area contributed by atoms with Crippen LogP contribution < -0.4 is 11.1 Å². The van der Waals surface area contributed by atoms with Gasteiger partial charge in [0.25, 0.3) is 0 Å². The van der Waals surface area contributed by atoms with E-state index in [9.17, 15) is 4.79 Å². The first-order valence-electron chi connectivity index (χ1n) is 6.90. The van der Waals surface area contributed by atoms with E-state index in [1.807, 2.05) is 6.07 Å². The molecular weight excluding hydrogens is 258 g/mol. The number of nitrogens with zero attached hydrogens (tertiary/aromatic N) is 1. The normalized spacial score (nSPS) is 34.6. The van der Waals surface area contributed by atoms with Crippen LogP contribution in [0.1, 0.15) is 30.6 Å². The molecule has 19 heavy (non-hydrogen) atoms. The largest absolute Gasteiger partial charge is 0.368 e. The van der Waals surface area contributed by atoms with Crippen LogP contribution in [0.4, 0.5) is 0 Å². The number of hydrogen-bond donors (Lipinski definition) is 2. The number of hydrogen-bond acceptors (Lipinski definition) is 4. The Morgan fingerprint density at radius 3 is 2.74 bits per heavy atom. The lowest BCUT2D eigenvalue weighted by Gasteiger charge is -2.43. The minimum atomic E-state index is -0.512. The molecule has 1 aromatic heterocycles. The summed E-state index contributed by atoms with van der Waals surface area (Å²) in [4.78, 5) is 15.7. The molecule has 1 amide bonds. The fourth-order valence-corrected chi connectivity index (χ4v) is 4.22. The van der Waals surface area contributed by atoms with Crippen LogP contribution in [0.15, 0.2) is 17.5 Å². The molecule has 0 aliphatic carbocycles. The summed E-state index contributed by atoms with van der Waals surface area (Å²) in [6, 6.07) is 5.14. The molecule has 0 spiro atoms. The molecule has 2 atom stereocenters. The highest BCUT2D eigenvalue weighted by atomic mass is 32.1. The van der Waals surface area contributed by atoms with Gasteiger partial charge >= 0.3 is 0 Å². The maximum absolute atomic E-state index is 12.0. The van der Waals surface area contributed by atoms with Gasteiger partial charge in [-0.2, -0.15) is 0 Å². The number of primary amides is 1. The Labute approximate surface area is 118 Å². The first-order valence-corrected chi connectivity index (χ1v) is 7.78. The monoisotopic (exact) mass is 279 g/mol. The van der Waals surface area contributed by atoms with Crippen molar-refractivity contribution in [3.8, 4) is 0 Å². The molecule has 0 aromatic carbocycles. The fraction of sp³-hybridized carbons (Fsp3) is 0.643. The standard InChI is InChI=1S/C14H21N3OS/c1-17-10-4-5-11(17)8-14(7-10,13(15)18)16-9-12-3-2-6-19-12/h2-3,6,10-11,16H,4-5,7-9H2,1H3,(H2,15,18). The summed E-state index contributed by atoms with van der Waals surface area (Å²) in [7, 11) is 2.17. The van der Waals surface area contributed by atoms with Crippen molar-refractivity contribution in [3.05, 3.63) is 22.4 Å². The van der Waals surface area contributed by atoms with Gasteiger partial charge in [0, 0.05) is 23.5 Å². The number of carbonyl (C=O) groups is 1. The van der Waals surface area contributed by atoms with Crippen LogP contribution in [0.2, 0.25) is 0 Å². The van der Waals surface area contributed by atoms with E-state index in [1.165, 1.54) is 17.7 Å². The number of amides is 1. The van der Waals surface area contributed by atoms with E-state index in [2.05, 4.69) is 28.7 Å². The average Bonchev–Trinajstić information content (AvgIpc) is 2.95. The minimum absolute atomic E-state index is 0.186. The number of nitrogens with two attached hydrogens (primary N) is 1. The van der Waals surface area contributed by atoms with Crippen molar-refractivity contribution >= 4 is 17.2 Å². The van der Waals surface area contributed by atoms with Gasteiger partial charge in [0.05, 0.1) is 0 Å². The van der Waals surface area contributed by atoms with Crippen LogP contribution in [0.3, 0.4) is 0 Å². The highest BCUT2D eigenvalue weighted by Gasteiger charge is 2.49. The first-order chi connectivity index (χ1) is 9.11. The highest BCUT2D eigenvalue weighted by Crippen LogP contribution is 2.39. The van der Waals surface area contributed by atoms with E-state index >= 15 is 0 Å². The number of piperidine rings is 1. The van der Waals surface area contributed by atoms with Crippen molar-refractivity contribution in [2.75, 3.05) is 7.05 Å². The Morgan fingerprint density at radius 2 is 2.21 bits per heavy atom. The Hall–Kier alpha value is -0.910. The Morgan fingerprint density at radius 1 is 1.53 bits per heavy atom. The van der Waals surface area contributed by atoms with Crippen molar-refractivity contribution < 1.29 is 4.79 Å². The summed E-state index contributed by atoms with van der Waals surface area (Å²) in [5, 5.41) is 5.53. The van der Waals surface area contributed by atoms with Crippen molar-refractivity contribution in [2.45, 2.75) is 49.9 Å². The smallest absolute Gasteiger partial charge is 0.237 e. The average molecular weight is 279 g/mol.